The third-order valence-corrected chi connectivity index (χ3v) is 3.82. The molecule has 0 spiro atoms. The fourth-order valence-corrected chi connectivity index (χ4v) is 2.44. The van der Waals surface area contributed by atoms with Crippen LogP contribution in [-0.4, -0.2) is 25.3 Å². The highest BCUT2D eigenvalue weighted by molar-refractivity contribution is 6.31. The maximum atomic E-state index is 13.1. The number of aliphatic hydroxyl groups is 1. The summed E-state index contributed by atoms with van der Waals surface area (Å²) in [7, 11) is 0. The third-order valence-electron chi connectivity index (χ3n) is 3.47. The maximum absolute atomic E-state index is 13.1. The van der Waals surface area contributed by atoms with Gasteiger partial charge in [-0.25, -0.2) is 9.97 Å². The van der Waals surface area contributed by atoms with Crippen molar-refractivity contribution in [3.8, 4) is 17.3 Å². The molecule has 0 radical (unpaired) electrons. The minimum absolute atomic E-state index is 0.0358. The molecule has 0 saturated heterocycles. The average molecular weight is 385 g/mol. The van der Waals surface area contributed by atoms with E-state index < -0.39 is 11.7 Å². The van der Waals surface area contributed by atoms with Crippen LogP contribution >= 0.6 is 11.6 Å². The van der Waals surface area contributed by atoms with Gasteiger partial charge in [0.05, 0.1) is 30.3 Å². The monoisotopic (exact) mass is 384 g/mol. The van der Waals surface area contributed by atoms with Gasteiger partial charge in [0.25, 0.3) is 0 Å². The van der Waals surface area contributed by atoms with Crippen molar-refractivity contribution in [3.05, 3.63) is 58.5 Å². The van der Waals surface area contributed by atoms with Crippen molar-refractivity contribution in [3.63, 3.8) is 0 Å². The van der Waals surface area contributed by atoms with E-state index in [2.05, 4.69) is 20.2 Å². The fraction of sp³-hybridized carbons (Fsp3) is 0.188. The Kier molecular flexibility index (Phi) is 5.10. The SMILES string of the molecule is OCc1cc(-c2ncc(OCc3c(Cl)cccc3C(F)(F)F)cn2)[nH]n1. The molecule has 0 aliphatic carbocycles. The normalized spacial score (nSPS) is 11.6. The summed E-state index contributed by atoms with van der Waals surface area (Å²) in [6, 6.07) is 5.13. The van der Waals surface area contributed by atoms with E-state index in [1.165, 1.54) is 24.5 Å². The number of rotatable bonds is 5. The maximum Gasteiger partial charge on any atom is 0.416 e. The Morgan fingerprint density at radius 1 is 1.19 bits per heavy atom. The van der Waals surface area contributed by atoms with Gasteiger partial charge in [0.15, 0.2) is 11.6 Å². The van der Waals surface area contributed by atoms with Crippen LogP contribution in [0.25, 0.3) is 11.5 Å². The molecule has 3 rings (SSSR count). The molecule has 0 saturated carbocycles. The van der Waals surface area contributed by atoms with E-state index in [1.54, 1.807) is 6.07 Å². The molecule has 0 fully saturated rings. The van der Waals surface area contributed by atoms with Gasteiger partial charge in [0.1, 0.15) is 12.3 Å². The summed E-state index contributed by atoms with van der Waals surface area (Å²) >= 11 is 5.88. The Bertz CT molecular complexity index is 897. The molecule has 0 amide bonds. The second kappa shape index (κ2) is 7.30. The highest BCUT2D eigenvalue weighted by Crippen LogP contribution is 2.35. The van der Waals surface area contributed by atoms with Crippen molar-refractivity contribution in [2.75, 3.05) is 0 Å². The molecule has 0 unspecified atom stereocenters. The molecule has 2 heterocycles. The van der Waals surface area contributed by atoms with Gasteiger partial charge in [-0.3, -0.25) is 5.10 Å². The molecule has 0 atom stereocenters. The van der Waals surface area contributed by atoms with Crippen molar-refractivity contribution < 1.29 is 23.0 Å². The summed E-state index contributed by atoms with van der Waals surface area (Å²) in [4.78, 5) is 8.12. The largest absolute Gasteiger partial charge is 0.486 e. The molecule has 2 aromatic heterocycles. The first-order valence-corrected chi connectivity index (χ1v) is 7.71. The average Bonchev–Trinajstić information content (AvgIpc) is 3.09. The van der Waals surface area contributed by atoms with E-state index in [1.807, 2.05) is 0 Å². The van der Waals surface area contributed by atoms with E-state index in [-0.39, 0.29) is 29.5 Å². The van der Waals surface area contributed by atoms with Gasteiger partial charge < -0.3 is 9.84 Å². The minimum atomic E-state index is -4.53. The predicted octanol–water partition coefficient (Wildman–Crippen LogP) is 3.61. The van der Waals surface area contributed by atoms with Crippen LogP contribution < -0.4 is 4.74 Å². The molecule has 0 aliphatic rings. The number of hydrogen-bond donors (Lipinski definition) is 2. The number of aliphatic hydroxyl groups excluding tert-OH is 1. The fourth-order valence-electron chi connectivity index (χ4n) is 2.21. The third kappa shape index (κ3) is 3.94. The van der Waals surface area contributed by atoms with Crippen molar-refractivity contribution in [1.29, 1.82) is 0 Å². The topological polar surface area (TPSA) is 83.9 Å². The molecular formula is C16H12ClF3N4O2. The number of aromatic nitrogens is 4. The lowest BCUT2D eigenvalue weighted by molar-refractivity contribution is -0.138. The molecule has 0 aliphatic heterocycles. The smallest absolute Gasteiger partial charge is 0.416 e. The zero-order valence-corrected chi connectivity index (χ0v) is 13.8. The molecular weight excluding hydrogens is 373 g/mol. The van der Waals surface area contributed by atoms with Crippen LogP contribution in [0.2, 0.25) is 5.02 Å². The Balaban J connectivity index is 1.75. The number of aromatic amines is 1. The predicted molar refractivity (Wildman–Crippen MR) is 86.3 cm³/mol. The van der Waals surface area contributed by atoms with Crippen LogP contribution in [0.1, 0.15) is 16.8 Å². The molecule has 3 aromatic rings. The molecule has 1 aromatic carbocycles. The zero-order valence-electron chi connectivity index (χ0n) is 13.1. The van der Waals surface area contributed by atoms with Gasteiger partial charge in [-0.05, 0) is 18.2 Å². The molecule has 10 heteroatoms. The Morgan fingerprint density at radius 3 is 2.54 bits per heavy atom. The Morgan fingerprint density at radius 2 is 1.92 bits per heavy atom. The second-order valence-corrected chi connectivity index (χ2v) is 5.63. The summed E-state index contributed by atoms with van der Waals surface area (Å²) in [6.07, 6.45) is -1.88. The summed E-state index contributed by atoms with van der Waals surface area (Å²) in [5, 5.41) is 15.5. The molecule has 0 bridgehead atoms. The van der Waals surface area contributed by atoms with Gasteiger partial charge in [-0.1, -0.05) is 17.7 Å². The highest BCUT2D eigenvalue weighted by Gasteiger charge is 2.34. The first kappa shape index (κ1) is 18.2. The quantitative estimate of drug-likeness (QED) is 0.702. The first-order valence-electron chi connectivity index (χ1n) is 7.33. The Hall–Kier alpha value is -2.65. The number of halogens is 4. The van der Waals surface area contributed by atoms with Crippen molar-refractivity contribution in [2.24, 2.45) is 0 Å². The molecule has 26 heavy (non-hydrogen) atoms. The highest BCUT2D eigenvalue weighted by atomic mass is 35.5. The number of nitrogens with zero attached hydrogens (tertiary/aromatic N) is 3. The number of benzene rings is 1. The van der Waals surface area contributed by atoms with Gasteiger partial charge in [-0.15, -0.1) is 0 Å². The second-order valence-electron chi connectivity index (χ2n) is 5.23. The van der Waals surface area contributed by atoms with Crippen LogP contribution in [0.5, 0.6) is 5.75 Å². The van der Waals surface area contributed by atoms with Gasteiger partial charge in [-0.2, -0.15) is 18.3 Å². The van der Waals surface area contributed by atoms with E-state index in [4.69, 9.17) is 21.4 Å². The minimum Gasteiger partial charge on any atom is -0.486 e. The van der Waals surface area contributed by atoms with Gasteiger partial charge >= 0.3 is 6.18 Å². The van der Waals surface area contributed by atoms with Crippen molar-refractivity contribution in [1.82, 2.24) is 20.2 Å². The number of nitrogens with one attached hydrogen (secondary N) is 1. The van der Waals surface area contributed by atoms with Crippen LogP contribution in [-0.2, 0) is 19.4 Å². The summed E-state index contributed by atoms with van der Waals surface area (Å²) in [6.45, 7) is -0.604. The lowest BCUT2D eigenvalue weighted by Crippen LogP contribution is -2.11. The van der Waals surface area contributed by atoms with Crippen LogP contribution in [0, 0.1) is 0 Å². The number of alkyl halides is 3. The number of hydrogen-bond acceptors (Lipinski definition) is 5. The van der Waals surface area contributed by atoms with E-state index in [9.17, 15) is 13.2 Å². The van der Waals surface area contributed by atoms with E-state index in [0.29, 0.717) is 17.2 Å². The summed E-state index contributed by atoms with van der Waals surface area (Å²) in [5.41, 5.74) is -0.0863. The van der Waals surface area contributed by atoms with Gasteiger partial charge in [0.2, 0.25) is 0 Å². The van der Waals surface area contributed by atoms with E-state index >= 15 is 0 Å². The van der Waals surface area contributed by atoms with Crippen LogP contribution in [0.3, 0.4) is 0 Å². The van der Waals surface area contributed by atoms with E-state index in [0.717, 1.165) is 6.07 Å². The Labute approximate surface area is 150 Å². The first-order chi connectivity index (χ1) is 12.4. The van der Waals surface area contributed by atoms with Crippen LogP contribution in [0.15, 0.2) is 36.7 Å². The lowest BCUT2D eigenvalue weighted by atomic mass is 10.1. The summed E-state index contributed by atoms with van der Waals surface area (Å²) < 4.78 is 44.5. The van der Waals surface area contributed by atoms with Crippen molar-refractivity contribution in [2.45, 2.75) is 19.4 Å². The lowest BCUT2D eigenvalue weighted by Gasteiger charge is -2.14. The summed E-state index contributed by atoms with van der Waals surface area (Å²) in [5.74, 6) is 0.488. The van der Waals surface area contributed by atoms with Crippen LogP contribution in [0.4, 0.5) is 13.2 Å². The molecule has 2 N–H and O–H groups in total. The van der Waals surface area contributed by atoms with Crippen molar-refractivity contribution >= 4 is 11.6 Å². The number of H-pyrrole nitrogens is 1. The molecule has 136 valence electrons. The molecule has 6 nitrogen and oxygen atoms in total. The standard InChI is InChI=1S/C16H12ClF3N4O2/c17-13-3-1-2-12(16(18,19)20)11(13)8-26-10-5-21-15(22-6-10)14-4-9(7-25)23-24-14/h1-6,25H,7-8H2,(H,23,24). The van der Waals surface area contributed by atoms with Gasteiger partial charge in [0, 0.05) is 10.6 Å². The zero-order chi connectivity index (χ0) is 18.7. The number of ether oxygens (including phenoxy) is 1.